The molecule has 0 fully saturated rings. The first-order valence-electron chi connectivity index (χ1n) is 6.35. The van der Waals surface area contributed by atoms with Gasteiger partial charge in [0.15, 0.2) is 0 Å². The van der Waals surface area contributed by atoms with Crippen LogP contribution in [0.25, 0.3) is 0 Å². The molecule has 1 aromatic carbocycles. The molecule has 0 unspecified atom stereocenters. The molecule has 0 saturated heterocycles. The van der Waals surface area contributed by atoms with Gasteiger partial charge in [-0.25, -0.2) is 0 Å². The first-order chi connectivity index (χ1) is 9.56. The van der Waals surface area contributed by atoms with Gasteiger partial charge in [0, 0.05) is 35.0 Å². The number of pyridine rings is 1. The van der Waals surface area contributed by atoms with E-state index < -0.39 is 0 Å². The van der Waals surface area contributed by atoms with Crippen LogP contribution in [0.4, 0.5) is 0 Å². The van der Waals surface area contributed by atoms with Gasteiger partial charge in [0.05, 0.1) is 5.02 Å². The molecule has 2 rings (SSSR count). The van der Waals surface area contributed by atoms with Crippen molar-refractivity contribution in [1.29, 1.82) is 0 Å². The smallest absolute Gasteiger partial charge is 0.147 e. The van der Waals surface area contributed by atoms with Crippen LogP contribution in [0.15, 0.2) is 41.1 Å². The van der Waals surface area contributed by atoms with E-state index in [2.05, 4.69) is 40.1 Å². The van der Waals surface area contributed by atoms with Crippen LogP contribution >= 0.6 is 27.5 Å². The Kier molecular flexibility index (Phi) is 5.40. The topological polar surface area (TPSA) is 34.2 Å². The largest absolute Gasteiger partial charge is 0.455 e. The van der Waals surface area contributed by atoms with Crippen molar-refractivity contribution in [3.8, 4) is 11.5 Å². The van der Waals surface area contributed by atoms with Crippen molar-refractivity contribution in [2.75, 3.05) is 0 Å². The molecular weight excluding hydrogens is 340 g/mol. The van der Waals surface area contributed by atoms with Crippen LogP contribution in [-0.2, 0) is 6.54 Å². The third-order valence-electron chi connectivity index (χ3n) is 2.67. The number of aromatic nitrogens is 1. The first kappa shape index (κ1) is 15.3. The Morgan fingerprint density at radius 1 is 1.30 bits per heavy atom. The Labute approximate surface area is 132 Å². The van der Waals surface area contributed by atoms with Gasteiger partial charge in [0.25, 0.3) is 0 Å². The van der Waals surface area contributed by atoms with Gasteiger partial charge >= 0.3 is 0 Å². The van der Waals surface area contributed by atoms with Crippen molar-refractivity contribution in [3.63, 3.8) is 0 Å². The van der Waals surface area contributed by atoms with Crippen LogP contribution in [0.2, 0.25) is 5.02 Å². The molecule has 1 N–H and O–H groups in total. The molecule has 20 heavy (non-hydrogen) atoms. The average molecular weight is 356 g/mol. The summed E-state index contributed by atoms with van der Waals surface area (Å²) in [6.45, 7) is 4.90. The minimum absolute atomic E-state index is 0.400. The lowest BCUT2D eigenvalue weighted by Crippen LogP contribution is -2.22. The molecule has 0 atom stereocenters. The molecule has 1 aromatic heterocycles. The Morgan fingerprint density at radius 2 is 2.10 bits per heavy atom. The predicted molar refractivity (Wildman–Crippen MR) is 85.4 cm³/mol. The maximum Gasteiger partial charge on any atom is 0.147 e. The fraction of sp³-hybridized carbons (Fsp3) is 0.267. The zero-order chi connectivity index (χ0) is 14.5. The summed E-state index contributed by atoms with van der Waals surface area (Å²) in [6.07, 6.45) is 3.51. The van der Waals surface area contributed by atoms with Crippen LogP contribution in [0.3, 0.4) is 0 Å². The molecule has 5 heteroatoms. The van der Waals surface area contributed by atoms with E-state index >= 15 is 0 Å². The summed E-state index contributed by atoms with van der Waals surface area (Å²) >= 11 is 9.56. The number of hydrogen-bond acceptors (Lipinski definition) is 3. The molecule has 0 aliphatic carbocycles. The third kappa shape index (κ3) is 4.20. The number of halogens is 2. The van der Waals surface area contributed by atoms with E-state index in [1.54, 1.807) is 18.5 Å². The zero-order valence-corrected chi connectivity index (χ0v) is 13.7. The van der Waals surface area contributed by atoms with Gasteiger partial charge in [-0.2, -0.15) is 0 Å². The van der Waals surface area contributed by atoms with Crippen molar-refractivity contribution >= 4 is 27.5 Å². The Morgan fingerprint density at radius 3 is 2.85 bits per heavy atom. The van der Waals surface area contributed by atoms with Gasteiger partial charge < -0.3 is 10.1 Å². The molecule has 0 bridgehead atoms. The van der Waals surface area contributed by atoms with Crippen LogP contribution < -0.4 is 10.1 Å². The Bertz CT molecular complexity index is 590. The molecule has 1 heterocycles. The summed E-state index contributed by atoms with van der Waals surface area (Å²) in [5.74, 6) is 1.38. The summed E-state index contributed by atoms with van der Waals surface area (Å²) < 4.78 is 6.84. The number of nitrogens with zero attached hydrogens (tertiary/aromatic N) is 1. The Hall–Kier alpha value is -1.10. The first-order valence-corrected chi connectivity index (χ1v) is 7.52. The highest BCUT2D eigenvalue weighted by atomic mass is 79.9. The highest BCUT2D eigenvalue weighted by Gasteiger charge is 2.08. The second-order valence-corrected chi connectivity index (χ2v) is 6.02. The van der Waals surface area contributed by atoms with Crippen LogP contribution in [-0.4, -0.2) is 11.0 Å². The minimum atomic E-state index is 0.400. The second-order valence-electron chi connectivity index (χ2n) is 4.70. The maximum atomic E-state index is 6.15. The molecule has 3 nitrogen and oxygen atoms in total. The molecule has 0 saturated carbocycles. The third-order valence-corrected chi connectivity index (χ3v) is 3.48. The van der Waals surface area contributed by atoms with E-state index in [0.717, 1.165) is 15.8 Å². The molecule has 0 radical (unpaired) electrons. The Balaban J connectivity index is 2.22. The van der Waals surface area contributed by atoms with Crippen LogP contribution in [0.5, 0.6) is 11.5 Å². The lowest BCUT2D eigenvalue weighted by molar-refractivity contribution is 0.468. The van der Waals surface area contributed by atoms with Crippen molar-refractivity contribution in [1.82, 2.24) is 10.3 Å². The lowest BCUT2D eigenvalue weighted by atomic mass is 10.2. The summed E-state index contributed by atoms with van der Waals surface area (Å²) in [6, 6.07) is 7.77. The SMILES string of the molecule is CC(C)NCc1cnccc1Oc1cc(Br)ccc1Cl. The highest BCUT2D eigenvalue weighted by Crippen LogP contribution is 2.33. The van der Waals surface area contributed by atoms with Gasteiger partial charge in [-0.3, -0.25) is 4.98 Å². The quantitative estimate of drug-likeness (QED) is 0.837. The number of rotatable bonds is 5. The number of benzene rings is 1. The monoisotopic (exact) mass is 354 g/mol. The summed E-state index contributed by atoms with van der Waals surface area (Å²) in [7, 11) is 0. The summed E-state index contributed by atoms with van der Waals surface area (Å²) in [5.41, 5.74) is 0.997. The van der Waals surface area contributed by atoms with E-state index in [4.69, 9.17) is 16.3 Å². The fourth-order valence-corrected chi connectivity index (χ4v) is 2.13. The van der Waals surface area contributed by atoms with E-state index in [1.165, 1.54) is 0 Å². The number of nitrogens with one attached hydrogen (secondary N) is 1. The van der Waals surface area contributed by atoms with E-state index in [1.807, 2.05) is 18.2 Å². The number of ether oxygens (including phenoxy) is 1. The molecule has 0 spiro atoms. The molecule has 0 aliphatic heterocycles. The average Bonchev–Trinajstić information content (AvgIpc) is 2.42. The normalized spacial score (nSPS) is 10.8. The van der Waals surface area contributed by atoms with Crippen LogP contribution in [0.1, 0.15) is 19.4 Å². The molecule has 0 aliphatic rings. The van der Waals surface area contributed by atoms with Crippen molar-refractivity contribution in [3.05, 3.63) is 51.7 Å². The van der Waals surface area contributed by atoms with Gasteiger partial charge in [-0.1, -0.05) is 41.4 Å². The summed E-state index contributed by atoms with van der Waals surface area (Å²) in [5, 5.41) is 3.93. The standard InChI is InChI=1S/C15H16BrClN2O/c1-10(2)19-9-11-8-18-6-5-14(11)20-15-7-12(16)3-4-13(15)17/h3-8,10,19H,9H2,1-2H3. The minimum Gasteiger partial charge on any atom is -0.455 e. The van der Waals surface area contributed by atoms with Crippen molar-refractivity contribution in [2.24, 2.45) is 0 Å². The van der Waals surface area contributed by atoms with E-state index in [9.17, 15) is 0 Å². The van der Waals surface area contributed by atoms with Crippen molar-refractivity contribution in [2.45, 2.75) is 26.4 Å². The van der Waals surface area contributed by atoms with Gasteiger partial charge in [-0.05, 0) is 24.3 Å². The summed E-state index contributed by atoms with van der Waals surface area (Å²) in [4.78, 5) is 4.14. The number of hydrogen-bond donors (Lipinski definition) is 1. The van der Waals surface area contributed by atoms with Gasteiger partial charge in [0.1, 0.15) is 11.5 Å². The van der Waals surface area contributed by atoms with E-state index in [-0.39, 0.29) is 0 Å². The van der Waals surface area contributed by atoms with Gasteiger partial charge in [0.2, 0.25) is 0 Å². The second kappa shape index (κ2) is 7.07. The lowest BCUT2D eigenvalue weighted by Gasteiger charge is -2.14. The van der Waals surface area contributed by atoms with Gasteiger partial charge in [-0.15, -0.1) is 0 Å². The predicted octanol–water partition coefficient (Wildman–Crippen LogP) is 4.79. The maximum absolute atomic E-state index is 6.15. The molecular formula is C15H16BrClN2O. The molecule has 106 valence electrons. The zero-order valence-electron chi connectivity index (χ0n) is 11.4. The van der Waals surface area contributed by atoms with Crippen molar-refractivity contribution < 1.29 is 4.74 Å². The highest BCUT2D eigenvalue weighted by molar-refractivity contribution is 9.10. The molecule has 2 aromatic rings. The van der Waals surface area contributed by atoms with Crippen LogP contribution in [0, 0.1) is 0 Å². The fourth-order valence-electron chi connectivity index (χ4n) is 1.63. The van der Waals surface area contributed by atoms with E-state index in [0.29, 0.717) is 23.4 Å². The molecule has 0 amide bonds.